The van der Waals surface area contributed by atoms with E-state index in [-0.39, 0.29) is 18.0 Å². The van der Waals surface area contributed by atoms with E-state index in [0.29, 0.717) is 6.42 Å². The average Bonchev–Trinajstić information content (AvgIpc) is 2.67. The van der Waals surface area contributed by atoms with E-state index >= 15 is 0 Å². The number of carbonyl (C=O) groups excluding carboxylic acids is 2. The Hall–Kier alpha value is -3.42. The summed E-state index contributed by atoms with van der Waals surface area (Å²) in [5.41, 5.74) is 0.717. The highest BCUT2D eigenvalue weighted by Crippen LogP contribution is 2.28. The molecule has 8 heteroatoms. The normalized spacial score (nSPS) is 16.4. The van der Waals surface area contributed by atoms with Crippen LogP contribution in [0.1, 0.15) is 12.5 Å². The Balaban J connectivity index is 1.60. The van der Waals surface area contributed by atoms with Crippen LogP contribution in [0.25, 0.3) is 0 Å². The molecule has 1 N–H and O–H groups in total. The first-order valence-corrected chi connectivity index (χ1v) is 8.41. The number of amides is 1. The molecule has 27 heavy (non-hydrogen) atoms. The van der Waals surface area contributed by atoms with Gasteiger partial charge in [-0.15, -0.1) is 0 Å². The van der Waals surface area contributed by atoms with Gasteiger partial charge in [0, 0.05) is 6.07 Å². The smallest absolute Gasteiger partial charge is 0.313 e. The Morgan fingerprint density at radius 2 is 1.93 bits per heavy atom. The Morgan fingerprint density at radius 1 is 1.22 bits per heavy atom. The molecule has 0 fully saturated rings. The van der Waals surface area contributed by atoms with Crippen molar-refractivity contribution in [1.82, 2.24) is 0 Å². The summed E-state index contributed by atoms with van der Waals surface area (Å²) in [4.78, 5) is 35.0. The van der Waals surface area contributed by atoms with Gasteiger partial charge < -0.3 is 14.8 Å². The zero-order valence-corrected chi connectivity index (χ0v) is 14.6. The minimum absolute atomic E-state index is 0.0466. The molecule has 1 aliphatic rings. The lowest BCUT2D eigenvalue weighted by Crippen LogP contribution is -2.36. The molecule has 0 spiro atoms. The van der Waals surface area contributed by atoms with Crippen molar-refractivity contribution in [1.29, 1.82) is 0 Å². The van der Waals surface area contributed by atoms with Crippen LogP contribution in [-0.4, -0.2) is 29.5 Å². The van der Waals surface area contributed by atoms with Crippen molar-refractivity contribution in [3.8, 4) is 5.75 Å². The zero-order chi connectivity index (χ0) is 19.4. The average molecular weight is 370 g/mol. The number of nitrogens with one attached hydrogen (secondary N) is 1. The summed E-state index contributed by atoms with van der Waals surface area (Å²) < 4.78 is 10.8. The van der Waals surface area contributed by atoms with Crippen molar-refractivity contribution in [3.05, 3.63) is 64.2 Å². The largest absolute Gasteiger partial charge is 0.492 e. The molecular weight excluding hydrogens is 352 g/mol. The summed E-state index contributed by atoms with van der Waals surface area (Å²) in [5.74, 6) is -0.963. The van der Waals surface area contributed by atoms with Gasteiger partial charge in [0.25, 0.3) is 11.6 Å². The molecule has 2 aromatic carbocycles. The van der Waals surface area contributed by atoms with Gasteiger partial charge in [0.05, 0.1) is 10.8 Å². The molecule has 2 aromatic rings. The van der Waals surface area contributed by atoms with Gasteiger partial charge in [-0.3, -0.25) is 19.7 Å². The first-order chi connectivity index (χ1) is 13.0. The fourth-order valence-electron chi connectivity index (χ4n) is 2.78. The van der Waals surface area contributed by atoms with Crippen molar-refractivity contribution in [2.24, 2.45) is 5.92 Å². The summed E-state index contributed by atoms with van der Waals surface area (Å²) in [6.45, 7) is 1.59. The zero-order valence-electron chi connectivity index (χ0n) is 14.6. The SMILES string of the molecule is C[C@@H](OC(=O)[C@@H]1COc2ccccc2C1)C(=O)Nc1ccccc1[N+](=O)[O-]. The van der Waals surface area contributed by atoms with Crippen LogP contribution in [0.2, 0.25) is 0 Å². The highest BCUT2D eigenvalue weighted by atomic mass is 16.6. The van der Waals surface area contributed by atoms with Gasteiger partial charge in [-0.25, -0.2) is 0 Å². The molecule has 0 saturated heterocycles. The first-order valence-electron chi connectivity index (χ1n) is 8.41. The van der Waals surface area contributed by atoms with Gasteiger partial charge in [-0.2, -0.15) is 0 Å². The van der Waals surface area contributed by atoms with Crippen molar-refractivity contribution < 1.29 is 24.0 Å². The Kier molecular flexibility index (Phi) is 5.35. The van der Waals surface area contributed by atoms with Crippen molar-refractivity contribution >= 4 is 23.3 Å². The topological polar surface area (TPSA) is 108 Å². The number of nitro groups is 1. The van der Waals surface area contributed by atoms with E-state index in [4.69, 9.17) is 9.47 Å². The number of nitrogens with zero attached hydrogens (tertiary/aromatic N) is 1. The van der Waals surface area contributed by atoms with E-state index in [1.54, 1.807) is 6.07 Å². The van der Waals surface area contributed by atoms with Crippen LogP contribution in [0.5, 0.6) is 5.75 Å². The second kappa shape index (κ2) is 7.86. The molecule has 140 valence electrons. The van der Waals surface area contributed by atoms with Gasteiger partial charge in [-0.05, 0) is 31.0 Å². The number of carbonyl (C=O) groups is 2. The fourth-order valence-corrected chi connectivity index (χ4v) is 2.78. The van der Waals surface area contributed by atoms with Crippen molar-refractivity contribution in [2.45, 2.75) is 19.4 Å². The number of esters is 1. The van der Waals surface area contributed by atoms with Crippen molar-refractivity contribution in [2.75, 3.05) is 11.9 Å². The summed E-state index contributed by atoms with van der Waals surface area (Å²) in [7, 11) is 0. The molecule has 0 aliphatic carbocycles. The van der Waals surface area contributed by atoms with Crippen LogP contribution in [0.15, 0.2) is 48.5 Å². The second-order valence-corrected chi connectivity index (χ2v) is 6.16. The number of fused-ring (bicyclic) bond motifs is 1. The van der Waals surface area contributed by atoms with E-state index in [9.17, 15) is 19.7 Å². The Morgan fingerprint density at radius 3 is 2.70 bits per heavy atom. The van der Waals surface area contributed by atoms with E-state index in [0.717, 1.165) is 11.3 Å². The number of rotatable bonds is 5. The Bertz CT molecular complexity index is 882. The molecule has 0 unspecified atom stereocenters. The van der Waals surface area contributed by atoms with Crippen LogP contribution < -0.4 is 10.1 Å². The summed E-state index contributed by atoms with van der Waals surface area (Å²) >= 11 is 0. The second-order valence-electron chi connectivity index (χ2n) is 6.16. The lowest BCUT2D eigenvalue weighted by molar-refractivity contribution is -0.383. The minimum atomic E-state index is -1.10. The van der Waals surface area contributed by atoms with Gasteiger partial charge >= 0.3 is 5.97 Å². The summed E-state index contributed by atoms with van der Waals surface area (Å²) in [6.07, 6.45) is -0.637. The molecule has 1 amide bonds. The number of hydrogen-bond donors (Lipinski definition) is 1. The predicted molar refractivity (Wildman–Crippen MR) is 96.4 cm³/mol. The number of anilines is 1. The number of nitro benzene ring substituents is 1. The predicted octanol–water partition coefficient (Wildman–Crippen LogP) is 2.72. The van der Waals surface area contributed by atoms with Crippen molar-refractivity contribution in [3.63, 3.8) is 0 Å². The molecule has 1 aliphatic heterocycles. The Labute approximate surface area is 155 Å². The van der Waals surface area contributed by atoms with E-state index in [1.165, 1.54) is 25.1 Å². The maximum atomic E-state index is 12.4. The number of para-hydroxylation sites is 3. The molecule has 0 saturated carbocycles. The summed E-state index contributed by atoms with van der Waals surface area (Å²) in [6, 6.07) is 13.2. The quantitative estimate of drug-likeness (QED) is 0.492. The van der Waals surface area contributed by atoms with E-state index in [2.05, 4.69) is 5.32 Å². The third-order valence-electron chi connectivity index (χ3n) is 4.23. The van der Waals surface area contributed by atoms with Gasteiger partial charge in [0.2, 0.25) is 0 Å². The first kappa shape index (κ1) is 18.4. The lowest BCUT2D eigenvalue weighted by Gasteiger charge is -2.25. The number of ether oxygens (including phenoxy) is 2. The fraction of sp³-hybridized carbons (Fsp3) is 0.263. The van der Waals surface area contributed by atoms with Crippen LogP contribution in [0, 0.1) is 16.0 Å². The highest BCUT2D eigenvalue weighted by molar-refractivity contribution is 5.97. The van der Waals surface area contributed by atoms with Crippen LogP contribution in [0.4, 0.5) is 11.4 Å². The molecule has 0 bridgehead atoms. The van der Waals surface area contributed by atoms with E-state index in [1.807, 2.05) is 24.3 Å². The monoisotopic (exact) mass is 370 g/mol. The number of hydrogen-bond acceptors (Lipinski definition) is 6. The molecule has 3 rings (SSSR count). The molecular formula is C19H18N2O6. The standard InChI is InChI=1S/C19H18N2O6/c1-12(18(22)20-15-7-3-4-8-16(15)21(24)25)27-19(23)14-10-13-6-2-5-9-17(13)26-11-14/h2-9,12,14H,10-11H2,1H3,(H,20,22)/t12-,14+/m1/s1. The minimum Gasteiger partial charge on any atom is -0.492 e. The molecule has 2 atom stereocenters. The van der Waals surface area contributed by atoms with Gasteiger partial charge in [-0.1, -0.05) is 30.3 Å². The maximum Gasteiger partial charge on any atom is 0.313 e. The van der Waals surface area contributed by atoms with Gasteiger partial charge in [0.15, 0.2) is 6.10 Å². The van der Waals surface area contributed by atoms with Crippen LogP contribution >= 0.6 is 0 Å². The van der Waals surface area contributed by atoms with Gasteiger partial charge in [0.1, 0.15) is 18.0 Å². The lowest BCUT2D eigenvalue weighted by atomic mass is 9.97. The molecule has 1 heterocycles. The van der Waals surface area contributed by atoms with Crippen LogP contribution in [-0.2, 0) is 20.7 Å². The third-order valence-corrected chi connectivity index (χ3v) is 4.23. The number of benzene rings is 2. The third kappa shape index (κ3) is 4.22. The highest BCUT2D eigenvalue weighted by Gasteiger charge is 2.30. The van der Waals surface area contributed by atoms with Crippen LogP contribution in [0.3, 0.4) is 0 Å². The summed E-state index contributed by atoms with van der Waals surface area (Å²) in [5, 5.41) is 13.4. The molecule has 8 nitrogen and oxygen atoms in total. The van der Waals surface area contributed by atoms with E-state index < -0.39 is 28.8 Å². The maximum absolute atomic E-state index is 12.4. The molecule has 0 radical (unpaired) electrons. The molecule has 0 aromatic heterocycles.